The molecular formula is C13H14FN3. The molecule has 2 N–H and O–H groups in total. The molecule has 1 aliphatic heterocycles. The van der Waals surface area contributed by atoms with Gasteiger partial charge in [0.05, 0.1) is 5.52 Å². The summed E-state index contributed by atoms with van der Waals surface area (Å²) in [5.41, 5.74) is 6.70. The van der Waals surface area contributed by atoms with Crippen LogP contribution >= 0.6 is 0 Å². The van der Waals surface area contributed by atoms with Crippen molar-refractivity contribution in [1.29, 1.82) is 0 Å². The predicted molar refractivity (Wildman–Crippen MR) is 66.5 cm³/mol. The molecule has 3 nitrogen and oxygen atoms in total. The van der Waals surface area contributed by atoms with Crippen molar-refractivity contribution in [1.82, 2.24) is 4.98 Å². The Hall–Kier alpha value is -1.68. The summed E-state index contributed by atoms with van der Waals surface area (Å²) >= 11 is 0. The van der Waals surface area contributed by atoms with Crippen LogP contribution in [0.2, 0.25) is 0 Å². The van der Waals surface area contributed by atoms with Gasteiger partial charge in [0.2, 0.25) is 0 Å². The molecule has 1 saturated heterocycles. The molecular weight excluding hydrogens is 217 g/mol. The maximum absolute atomic E-state index is 13.0. The van der Waals surface area contributed by atoms with Gasteiger partial charge in [-0.2, -0.15) is 0 Å². The number of aromatic nitrogens is 1. The van der Waals surface area contributed by atoms with Crippen molar-refractivity contribution >= 4 is 16.7 Å². The van der Waals surface area contributed by atoms with Gasteiger partial charge in [0.25, 0.3) is 0 Å². The molecule has 1 atom stereocenters. The molecule has 1 aromatic carbocycles. The minimum Gasteiger partial charge on any atom is -0.355 e. The van der Waals surface area contributed by atoms with Crippen LogP contribution < -0.4 is 10.6 Å². The number of anilines is 1. The van der Waals surface area contributed by atoms with Crippen molar-refractivity contribution in [3.05, 3.63) is 36.1 Å². The fourth-order valence-corrected chi connectivity index (χ4v) is 2.26. The second kappa shape index (κ2) is 3.96. The minimum absolute atomic E-state index is 0.227. The van der Waals surface area contributed by atoms with Crippen LogP contribution in [0.15, 0.2) is 30.3 Å². The number of nitrogens with zero attached hydrogens (tertiary/aromatic N) is 2. The van der Waals surface area contributed by atoms with Crippen molar-refractivity contribution in [3.8, 4) is 0 Å². The quantitative estimate of drug-likeness (QED) is 0.815. The maximum atomic E-state index is 13.0. The average molecular weight is 231 g/mol. The molecule has 0 unspecified atom stereocenters. The molecule has 2 aromatic rings. The van der Waals surface area contributed by atoms with E-state index in [1.807, 2.05) is 12.1 Å². The summed E-state index contributed by atoms with van der Waals surface area (Å²) in [6.07, 6.45) is 1.00. The average Bonchev–Trinajstić information content (AvgIpc) is 2.75. The summed E-state index contributed by atoms with van der Waals surface area (Å²) in [6, 6.07) is 8.73. The lowest BCUT2D eigenvalue weighted by Crippen LogP contribution is -2.26. The highest BCUT2D eigenvalue weighted by Gasteiger charge is 2.20. The van der Waals surface area contributed by atoms with Crippen LogP contribution in [0.3, 0.4) is 0 Å². The maximum Gasteiger partial charge on any atom is 0.129 e. The third-order valence-corrected chi connectivity index (χ3v) is 3.19. The number of nitrogens with two attached hydrogens (primary N) is 1. The Bertz CT molecular complexity index is 555. The third kappa shape index (κ3) is 1.96. The molecule has 0 spiro atoms. The molecule has 4 heteroatoms. The molecule has 0 radical (unpaired) electrons. The second-order valence-electron chi connectivity index (χ2n) is 4.50. The number of halogens is 1. The molecule has 88 valence electrons. The van der Waals surface area contributed by atoms with E-state index < -0.39 is 0 Å². The van der Waals surface area contributed by atoms with Gasteiger partial charge < -0.3 is 10.6 Å². The smallest absolute Gasteiger partial charge is 0.129 e. The SMILES string of the molecule is N[C@@H]1CCN(c2ccc3cc(F)ccc3n2)C1. The van der Waals surface area contributed by atoms with Crippen molar-refractivity contribution in [2.24, 2.45) is 5.73 Å². The van der Waals surface area contributed by atoms with Gasteiger partial charge in [-0.25, -0.2) is 9.37 Å². The highest BCUT2D eigenvalue weighted by atomic mass is 19.1. The molecule has 1 fully saturated rings. The van der Waals surface area contributed by atoms with E-state index in [1.54, 1.807) is 6.07 Å². The number of hydrogen-bond donors (Lipinski definition) is 1. The zero-order chi connectivity index (χ0) is 11.8. The fraction of sp³-hybridized carbons (Fsp3) is 0.308. The number of fused-ring (bicyclic) bond motifs is 1. The lowest BCUT2D eigenvalue weighted by Gasteiger charge is -2.17. The van der Waals surface area contributed by atoms with E-state index in [-0.39, 0.29) is 11.9 Å². The Balaban J connectivity index is 1.99. The first-order valence-corrected chi connectivity index (χ1v) is 5.79. The zero-order valence-corrected chi connectivity index (χ0v) is 9.44. The molecule has 2 heterocycles. The van der Waals surface area contributed by atoms with E-state index >= 15 is 0 Å². The van der Waals surface area contributed by atoms with E-state index in [9.17, 15) is 4.39 Å². The number of benzene rings is 1. The molecule has 17 heavy (non-hydrogen) atoms. The second-order valence-corrected chi connectivity index (χ2v) is 4.50. The lowest BCUT2D eigenvalue weighted by atomic mass is 10.2. The van der Waals surface area contributed by atoms with Crippen LogP contribution in [0, 0.1) is 5.82 Å². The zero-order valence-electron chi connectivity index (χ0n) is 9.44. The van der Waals surface area contributed by atoms with Gasteiger partial charge in [-0.05, 0) is 36.8 Å². The molecule has 3 rings (SSSR count). The standard InChI is InChI=1S/C13H14FN3/c14-10-2-3-12-9(7-10)1-4-13(16-12)17-6-5-11(15)8-17/h1-4,7,11H,5-6,8,15H2/t11-/m1/s1. The van der Waals surface area contributed by atoms with Crippen LogP contribution in [-0.2, 0) is 0 Å². The summed E-state index contributed by atoms with van der Waals surface area (Å²) < 4.78 is 13.0. The van der Waals surface area contributed by atoms with E-state index in [2.05, 4.69) is 9.88 Å². The minimum atomic E-state index is -0.227. The summed E-state index contributed by atoms with van der Waals surface area (Å²) in [5, 5.41) is 0.831. The van der Waals surface area contributed by atoms with E-state index in [4.69, 9.17) is 5.73 Å². The van der Waals surface area contributed by atoms with Crippen molar-refractivity contribution in [2.75, 3.05) is 18.0 Å². The first-order chi connectivity index (χ1) is 8.22. The highest BCUT2D eigenvalue weighted by Crippen LogP contribution is 2.21. The highest BCUT2D eigenvalue weighted by molar-refractivity contribution is 5.80. The Kier molecular flexibility index (Phi) is 2.44. The molecule has 1 aromatic heterocycles. The van der Waals surface area contributed by atoms with E-state index in [0.717, 1.165) is 36.2 Å². The van der Waals surface area contributed by atoms with Crippen LogP contribution in [0.4, 0.5) is 10.2 Å². The first kappa shape index (κ1) is 10.5. The largest absolute Gasteiger partial charge is 0.355 e. The van der Waals surface area contributed by atoms with E-state index in [1.165, 1.54) is 12.1 Å². The molecule has 0 aliphatic carbocycles. The van der Waals surface area contributed by atoms with E-state index in [0.29, 0.717) is 0 Å². The van der Waals surface area contributed by atoms with Gasteiger partial charge in [0.1, 0.15) is 11.6 Å². The van der Waals surface area contributed by atoms with Crippen molar-refractivity contribution < 1.29 is 4.39 Å². The van der Waals surface area contributed by atoms with Crippen LogP contribution in [0.25, 0.3) is 10.9 Å². The Morgan fingerprint density at radius 1 is 1.29 bits per heavy atom. The van der Waals surface area contributed by atoms with Gasteiger partial charge in [-0.3, -0.25) is 0 Å². The molecule has 0 saturated carbocycles. The fourth-order valence-electron chi connectivity index (χ4n) is 2.26. The molecule has 0 bridgehead atoms. The summed E-state index contributed by atoms with van der Waals surface area (Å²) in [7, 11) is 0. The summed E-state index contributed by atoms with van der Waals surface area (Å²) in [6.45, 7) is 1.79. The normalized spacial score (nSPS) is 20.1. The summed E-state index contributed by atoms with van der Waals surface area (Å²) in [4.78, 5) is 6.71. The monoisotopic (exact) mass is 231 g/mol. The van der Waals surface area contributed by atoms with Gasteiger partial charge >= 0.3 is 0 Å². The van der Waals surface area contributed by atoms with Crippen molar-refractivity contribution in [2.45, 2.75) is 12.5 Å². The predicted octanol–water partition coefficient (Wildman–Crippen LogP) is 1.91. The lowest BCUT2D eigenvalue weighted by molar-refractivity contribution is 0.629. The number of pyridine rings is 1. The van der Waals surface area contributed by atoms with Crippen LogP contribution in [-0.4, -0.2) is 24.1 Å². The van der Waals surface area contributed by atoms with Crippen LogP contribution in [0.1, 0.15) is 6.42 Å². The Morgan fingerprint density at radius 3 is 2.94 bits per heavy atom. The van der Waals surface area contributed by atoms with Gasteiger partial charge in [0, 0.05) is 24.5 Å². The Morgan fingerprint density at radius 2 is 2.18 bits per heavy atom. The van der Waals surface area contributed by atoms with Gasteiger partial charge in [0.15, 0.2) is 0 Å². The third-order valence-electron chi connectivity index (χ3n) is 3.19. The number of hydrogen-bond acceptors (Lipinski definition) is 3. The molecule has 1 aliphatic rings. The van der Waals surface area contributed by atoms with Gasteiger partial charge in [-0.15, -0.1) is 0 Å². The summed E-state index contributed by atoms with van der Waals surface area (Å²) in [5.74, 6) is 0.701. The Labute approximate surface area is 99.1 Å². The number of rotatable bonds is 1. The molecule has 0 amide bonds. The van der Waals surface area contributed by atoms with Crippen molar-refractivity contribution in [3.63, 3.8) is 0 Å². The van der Waals surface area contributed by atoms with Crippen LogP contribution in [0.5, 0.6) is 0 Å². The van der Waals surface area contributed by atoms with Gasteiger partial charge in [-0.1, -0.05) is 0 Å². The first-order valence-electron chi connectivity index (χ1n) is 5.79. The topological polar surface area (TPSA) is 42.1 Å².